The molecule has 0 aliphatic carbocycles. The van der Waals surface area contributed by atoms with Crippen LogP contribution in [0.15, 0.2) is 77.9 Å². The number of carbonyl (C=O) groups excluding carboxylic acids is 1. The summed E-state index contributed by atoms with van der Waals surface area (Å²) < 4.78 is 9.43. The van der Waals surface area contributed by atoms with E-state index in [-0.39, 0.29) is 36.8 Å². The largest absolute Gasteiger partial charge is 0.483 e. The molecular formula is C27H29N3O4. The molecular weight excluding hydrogens is 430 g/mol. The van der Waals surface area contributed by atoms with Gasteiger partial charge >= 0.3 is 0 Å². The topological polar surface area (TPSA) is 85.5 Å². The van der Waals surface area contributed by atoms with E-state index < -0.39 is 0 Å². The van der Waals surface area contributed by atoms with Crippen LogP contribution in [0.5, 0.6) is 5.75 Å². The van der Waals surface area contributed by atoms with Gasteiger partial charge in [-0.1, -0.05) is 50.2 Å². The lowest BCUT2D eigenvalue weighted by Crippen LogP contribution is -2.23. The molecule has 0 atom stereocenters. The van der Waals surface area contributed by atoms with Crippen LogP contribution in [0.1, 0.15) is 25.1 Å². The first kappa shape index (κ1) is 23.3. The molecule has 0 spiro atoms. The van der Waals surface area contributed by atoms with Gasteiger partial charge in [0.15, 0.2) is 5.75 Å². The molecule has 0 saturated heterocycles. The number of anilines is 1. The Morgan fingerprint density at radius 1 is 1.06 bits per heavy atom. The number of aliphatic hydroxyl groups excluding tert-OH is 1. The molecule has 7 nitrogen and oxygen atoms in total. The van der Waals surface area contributed by atoms with Gasteiger partial charge in [0.1, 0.15) is 13.2 Å². The molecule has 2 N–H and O–H groups in total. The van der Waals surface area contributed by atoms with Gasteiger partial charge in [-0.15, -0.1) is 0 Å². The van der Waals surface area contributed by atoms with Crippen molar-refractivity contribution in [1.82, 2.24) is 9.13 Å². The van der Waals surface area contributed by atoms with Crippen molar-refractivity contribution in [3.63, 3.8) is 0 Å². The standard InChI is InChI=1S/C27H29N3O4/c1-19(2)14-29-12-11-22-23(9-6-10-24(22)29)28-27(33)16-30-15-26(25(32)13-21(30)17-31)34-18-20-7-4-3-5-8-20/h3-13,15,19,31H,14,16-18H2,1-2H3,(H,28,33). The monoisotopic (exact) mass is 459 g/mol. The summed E-state index contributed by atoms with van der Waals surface area (Å²) in [5, 5.41) is 13.7. The highest BCUT2D eigenvalue weighted by molar-refractivity contribution is 6.01. The van der Waals surface area contributed by atoms with Gasteiger partial charge in [0.2, 0.25) is 11.3 Å². The Hall–Kier alpha value is -3.84. The molecule has 0 aliphatic heterocycles. The minimum Gasteiger partial charge on any atom is -0.483 e. The lowest BCUT2D eigenvalue weighted by Gasteiger charge is -2.15. The number of aromatic nitrogens is 2. The molecule has 0 radical (unpaired) electrons. The first-order valence-corrected chi connectivity index (χ1v) is 11.3. The zero-order chi connectivity index (χ0) is 24.1. The van der Waals surface area contributed by atoms with Gasteiger partial charge in [0, 0.05) is 29.9 Å². The van der Waals surface area contributed by atoms with Crippen LogP contribution in [0.25, 0.3) is 10.9 Å². The molecule has 176 valence electrons. The van der Waals surface area contributed by atoms with Crippen molar-refractivity contribution >= 4 is 22.5 Å². The summed E-state index contributed by atoms with van der Waals surface area (Å²) in [5.41, 5.74) is 2.70. The fourth-order valence-electron chi connectivity index (χ4n) is 3.95. The minimum absolute atomic E-state index is 0.0685. The average molecular weight is 460 g/mol. The third-order valence-electron chi connectivity index (χ3n) is 5.55. The Morgan fingerprint density at radius 2 is 1.85 bits per heavy atom. The van der Waals surface area contributed by atoms with Crippen molar-refractivity contribution < 1.29 is 14.6 Å². The maximum Gasteiger partial charge on any atom is 0.244 e. The second kappa shape index (κ2) is 10.4. The van der Waals surface area contributed by atoms with Crippen molar-refractivity contribution in [3.05, 3.63) is 94.5 Å². The molecule has 34 heavy (non-hydrogen) atoms. The highest BCUT2D eigenvalue weighted by Crippen LogP contribution is 2.25. The van der Waals surface area contributed by atoms with Crippen molar-refractivity contribution in [2.45, 2.75) is 40.2 Å². The Morgan fingerprint density at radius 3 is 2.59 bits per heavy atom. The SMILES string of the molecule is CC(C)Cn1ccc2c(NC(=O)Cn3cc(OCc4ccccc4)c(=O)cc3CO)cccc21. The summed E-state index contributed by atoms with van der Waals surface area (Å²) in [6, 6.07) is 18.6. The highest BCUT2D eigenvalue weighted by atomic mass is 16.5. The number of amides is 1. The maximum absolute atomic E-state index is 12.9. The summed E-state index contributed by atoms with van der Waals surface area (Å²) in [6.45, 7) is 5.02. The first-order valence-electron chi connectivity index (χ1n) is 11.3. The van der Waals surface area contributed by atoms with Gasteiger partial charge in [0.05, 0.1) is 24.0 Å². The van der Waals surface area contributed by atoms with E-state index >= 15 is 0 Å². The van der Waals surface area contributed by atoms with Crippen LogP contribution >= 0.6 is 0 Å². The number of rotatable bonds is 9. The van der Waals surface area contributed by atoms with E-state index in [9.17, 15) is 14.7 Å². The molecule has 1 amide bonds. The molecule has 4 aromatic rings. The molecule has 0 aliphatic rings. The summed E-state index contributed by atoms with van der Waals surface area (Å²) in [7, 11) is 0. The van der Waals surface area contributed by atoms with E-state index in [4.69, 9.17) is 4.74 Å². The molecule has 2 aromatic carbocycles. The third kappa shape index (κ3) is 5.38. The molecule has 4 rings (SSSR count). The third-order valence-corrected chi connectivity index (χ3v) is 5.55. The van der Waals surface area contributed by atoms with E-state index in [1.165, 1.54) is 12.3 Å². The second-order valence-corrected chi connectivity index (χ2v) is 8.70. The number of carbonyl (C=O) groups is 1. The van der Waals surface area contributed by atoms with Gasteiger partial charge in [-0.2, -0.15) is 0 Å². The summed E-state index contributed by atoms with van der Waals surface area (Å²) in [6.07, 6.45) is 3.51. The number of aliphatic hydroxyl groups is 1. The number of nitrogens with one attached hydrogen (secondary N) is 1. The van der Waals surface area contributed by atoms with E-state index in [1.54, 1.807) is 4.57 Å². The number of ether oxygens (including phenoxy) is 1. The molecule has 7 heteroatoms. The predicted octanol–water partition coefficient (Wildman–Crippen LogP) is 4.17. The first-order chi connectivity index (χ1) is 16.4. The minimum atomic E-state index is -0.366. The number of fused-ring (bicyclic) bond motifs is 1. The highest BCUT2D eigenvalue weighted by Gasteiger charge is 2.13. The van der Waals surface area contributed by atoms with E-state index in [0.717, 1.165) is 28.7 Å². The fourth-order valence-corrected chi connectivity index (χ4v) is 3.95. The number of hydrogen-bond donors (Lipinski definition) is 2. The predicted molar refractivity (Wildman–Crippen MR) is 133 cm³/mol. The number of pyridine rings is 1. The van der Waals surface area contributed by atoms with Crippen LogP contribution < -0.4 is 15.5 Å². The molecule has 0 unspecified atom stereocenters. The normalized spacial score (nSPS) is 11.2. The number of nitrogens with zero attached hydrogens (tertiary/aromatic N) is 2. The lowest BCUT2D eigenvalue weighted by atomic mass is 10.2. The summed E-state index contributed by atoms with van der Waals surface area (Å²) in [5.74, 6) is 0.364. The zero-order valence-corrected chi connectivity index (χ0v) is 19.4. The van der Waals surface area contributed by atoms with Crippen LogP contribution in [-0.2, 0) is 31.1 Å². The van der Waals surface area contributed by atoms with Crippen LogP contribution in [0.2, 0.25) is 0 Å². The molecule has 0 saturated carbocycles. The molecule has 0 bridgehead atoms. The van der Waals surface area contributed by atoms with Crippen LogP contribution in [0, 0.1) is 5.92 Å². The molecule has 0 fully saturated rings. The number of hydrogen-bond acceptors (Lipinski definition) is 4. The summed E-state index contributed by atoms with van der Waals surface area (Å²) in [4.78, 5) is 25.3. The Kier molecular flexibility index (Phi) is 7.13. The van der Waals surface area contributed by atoms with E-state index in [2.05, 4.69) is 23.7 Å². The van der Waals surface area contributed by atoms with Crippen molar-refractivity contribution in [1.29, 1.82) is 0 Å². The second-order valence-electron chi connectivity index (χ2n) is 8.70. The average Bonchev–Trinajstić information content (AvgIpc) is 3.23. The van der Waals surface area contributed by atoms with Crippen LogP contribution in [0.3, 0.4) is 0 Å². The maximum atomic E-state index is 12.9. The van der Waals surface area contributed by atoms with Gasteiger partial charge in [-0.05, 0) is 29.7 Å². The molecule has 2 aromatic heterocycles. The zero-order valence-electron chi connectivity index (χ0n) is 19.4. The Balaban J connectivity index is 1.52. The van der Waals surface area contributed by atoms with E-state index in [0.29, 0.717) is 11.6 Å². The molecule has 2 heterocycles. The summed E-state index contributed by atoms with van der Waals surface area (Å²) >= 11 is 0. The smallest absolute Gasteiger partial charge is 0.244 e. The van der Waals surface area contributed by atoms with Crippen molar-refractivity contribution in [2.75, 3.05) is 5.32 Å². The van der Waals surface area contributed by atoms with E-state index in [1.807, 2.05) is 60.8 Å². The Labute approximate surface area is 198 Å². The lowest BCUT2D eigenvalue weighted by molar-refractivity contribution is -0.116. The Bertz CT molecular complexity index is 1340. The van der Waals surface area contributed by atoms with Gasteiger partial charge in [-0.25, -0.2) is 0 Å². The van der Waals surface area contributed by atoms with Crippen LogP contribution in [0.4, 0.5) is 5.69 Å². The van der Waals surface area contributed by atoms with Crippen LogP contribution in [-0.4, -0.2) is 20.1 Å². The van der Waals surface area contributed by atoms with Gasteiger partial charge < -0.3 is 24.3 Å². The quantitative estimate of drug-likeness (QED) is 0.393. The fraction of sp³-hybridized carbons (Fsp3) is 0.259. The van der Waals surface area contributed by atoms with Gasteiger partial charge in [0.25, 0.3) is 0 Å². The van der Waals surface area contributed by atoms with Crippen molar-refractivity contribution in [2.24, 2.45) is 5.92 Å². The number of benzene rings is 2. The van der Waals surface area contributed by atoms with Crippen molar-refractivity contribution in [3.8, 4) is 5.75 Å². The van der Waals surface area contributed by atoms with Gasteiger partial charge in [-0.3, -0.25) is 9.59 Å².